The molecule has 0 aromatic rings. The van der Waals surface area contributed by atoms with E-state index in [1.54, 1.807) is 41.5 Å². The lowest BCUT2D eigenvalue weighted by molar-refractivity contribution is -0.0258. The highest BCUT2D eigenvalue weighted by molar-refractivity contribution is 7.86. The van der Waals surface area contributed by atoms with Crippen molar-refractivity contribution in [1.29, 1.82) is 0 Å². The van der Waals surface area contributed by atoms with Crippen LogP contribution in [0.2, 0.25) is 0 Å². The maximum absolute atomic E-state index is 11.6. The predicted octanol–water partition coefficient (Wildman–Crippen LogP) is 1.31. The van der Waals surface area contributed by atoms with Crippen molar-refractivity contribution in [1.82, 2.24) is 10.6 Å². The Morgan fingerprint density at radius 2 is 1.26 bits per heavy atom. The van der Waals surface area contributed by atoms with Gasteiger partial charge in [-0.2, -0.15) is 8.42 Å². The minimum atomic E-state index is -3.53. The number of rotatable bonds is 4. The molecule has 34 heavy (non-hydrogen) atoms. The van der Waals surface area contributed by atoms with Crippen molar-refractivity contribution in [3.63, 3.8) is 0 Å². The molecule has 0 radical (unpaired) electrons. The van der Waals surface area contributed by atoms with Crippen LogP contribution < -0.4 is 10.6 Å². The number of carbonyl (C=O) groups is 2. The van der Waals surface area contributed by atoms with E-state index in [4.69, 9.17) is 23.1 Å². The molecule has 0 aliphatic carbocycles. The second-order valence-electron chi connectivity index (χ2n) is 10.3. The monoisotopic (exact) mass is 512 g/mol. The van der Waals surface area contributed by atoms with Gasteiger partial charge in [-0.1, -0.05) is 0 Å². The molecule has 2 aliphatic heterocycles. The van der Waals surface area contributed by atoms with Crippen molar-refractivity contribution >= 4 is 22.3 Å². The zero-order valence-electron chi connectivity index (χ0n) is 21.1. The number of ether oxygens (including phenoxy) is 4. The van der Waals surface area contributed by atoms with E-state index in [0.29, 0.717) is 32.7 Å². The second-order valence-corrected chi connectivity index (χ2v) is 11.9. The fraction of sp³-hybridized carbons (Fsp3) is 0.905. The number of alkyl carbamates (subject to hydrolysis) is 2. The summed E-state index contributed by atoms with van der Waals surface area (Å²) in [6.45, 7) is 12.0. The molecule has 12 nitrogen and oxygen atoms in total. The summed E-state index contributed by atoms with van der Waals surface area (Å²) in [6.07, 6.45) is -0.239. The summed E-state index contributed by atoms with van der Waals surface area (Å²) in [7, 11) is -3.53. The van der Waals surface area contributed by atoms with Crippen LogP contribution in [0, 0.1) is 0 Å². The number of hydrogen-bond donors (Lipinski definition) is 3. The number of hydrogen-bond acceptors (Lipinski definition) is 10. The molecule has 2 aliphatic rings. The van der Waals surface area contributed by atoms with Crippen LogP contribution in [0.5, 0.6) is 0 Å². The molecule has 13 heteroatoms. The lowest BCUT2D eigenvalue weighted by atomic mass is 10.1. The van der Waals surface area contributed by atoms with Gasteiger partial charge in [-0.3, -0.25) is 4.18 Å². The highest BCUT2D eigenvalue weighted by Gasteiger charge is 2.28. The molecule has 0 spiro atoms. The Kier molecular flexibility index (Phi) is 11.5. The first-order chi connectivity index (χ1) is 15.4. The number of nitrogens with one attached hydrogen (secondary N) is 2. The van der Waals surface area contributed by atoms with Crippen molar-refractivity contribution in [3.05, 3.63) is 0 Å². The third-order valence-electron chi connectivity index (χ3n) is 4.11. The Morgan fingerprint density at radius 1 is 0.824 bits per heavy atom. The van der Waals surface area contributed by atoms with Gasteiger partial charge in [0.1, 0.15) is 17.3 Å². The molecular formula is C21H40N2O10S. The Balaban J connectivity index is 0.000000350. The van der Waals surface area contributed by atoms with E-state index >= 15 is 0 Å². The molecule has 200 valence electrons. The van der Waals surface area contributed by atoms with E-state index in [1.165, 1.54) is 0 Å². The molecule has 4 atom stereocenters. The first-order valence-corrected chi connectivity index (χ1v) is 12.9. The lowest BCUT2D eigenvalue weighted by Gasteiger charge is -2.29. The zero-order valence-corrected chi connectivity index (χ0v) is 21.9. The average molecular weight is 513 g/mol. The third kappa shape index (κ3) is 15.3. The zero-order chi connectivity index (χ0) is 26.2. The highest BCUT2D eigenvalue weighted by Crippen LogP contribution is 2.14. The van der Waals surface area contributed by atoms with Crippen molar-refractivity contribution in [2.75, 3.05) is 32.7 Å². The maximum Gasteiger partial charge on any atom is 0.407 e. The first kappa shape index (κ1) is 30.4. The van der Waals surface area contributed by atoms with Crippen LogP contribution in [-0.4, -0.2) is 93.9 Å². The molecule has 2 saturated heterocycles. The van der Waals surface area contributed by atoms with Gasteiger partial charge in [-0.25, -0.2) is 9.59 Å². The summed E-state index contributed by atoms with van der Waals surface area (Å²) in [6, 6.07) is -0.487. The summed E-state index contributed by atoms with van der Waals surface area (Å²) >= 11 is 0. The maximum atomic E-state index is 11.6. The summed E-state index contributed by atoms with van der Waals surface area (Å²) in [5.41, 5.74) is -1.08. The molecule has 0 saturated carbocycles. The Bertz CT molecular complexity index is 760. The molecule has 0 aromatic carbocycles. The number of carbonyl (C=O) groups excluding carboxylic acids is 2. The largest absolute Gasteiger partial charge is 0.444 e. The minimum Gasteiger partial charge on any atom is -0.444 e. The Morgan fingerprint density at radius 3 is 1.68 bits per heavy atom. The number of aliphatic hydroxyl groups is 1. The first-order valence-electron chi connectivity index (χ1n) is 11.1. The summed E-state index contributed by atoms with van der Waals surface area (Å²) in [4.78, 5) is 22.9. The molecule has 4 unspecified atom stereocenters. The summed E-state index contributed by atoms with van der Waals surface area (Å²) in [5, 5.41) is 14.6. The van der Waals surface area contributed by atoms with Crippen LogP contribution in [-0.2, 0) is 33.2 Å². The van der Waals surface area contributed by atoms with Gasteiger partial charge in [-0.15, -0.1) is 0 Å². The van der Waals surface area contributed by atoms with E-state index < -0.39 is 45.7 Å². The number of amides is 2. The molecule has 2 fully saturated rings. The Hall–Kier alpha value is -1.67. The highest BCUT2D eigenvalue weighted by atomic mass is 32.2. The van der Waals surface area contributed by atoms with Gasteiger partial charge in [0.2, 0.25) is 0 Å². The fourth-order valence-corrected chi connectivity index (χ4v) is 3.70. The molecule has 2 amide bonds. The van der Waals surface area contributed by atoms with E-state index in [-0.39, 0.29) is 18.7 Å². The van der Waals surface area contributed by atoms with Crippen molar-refractivity contribution < 1.29 is 46.2 Å². The molecular weight excluding hydrogens is 472 g/mol. The van der Waals surface area contributed by atoms with E-state index in [9.17, 15) is 23.1 Å². The molecule has 2 rings (SSSR count). The van der Waals surface area contributed by atoms with Crippen LogP contribution in [0.15, 0.2) is 0 Å². The third-order valence-corrected chi connectivity index (χ3v) is 4.73. The molecule has 0 aromatic heterocycles. The smallest absolute Gasteiger partial charge is 0.407 e. The summed E-state index contributed by atoms with van der Waals surface area (Å²) in [5.74, 6) is 0. The van der Waals surface area contributed by atoms with Crippen molar-refractivity contribution in [2.24, 2.45) is 0 Å². The van der Waals surface area contributed by atoms with Gasteiger partial charge >= 0.3 is 12.2 Å². The van der Waals surface area contributed by atoms with Gasteiger partial charge < -0.3 is 34.7 Å². The van der Waals surface area contributed by atoms with Gasteiger partial charge in [0, 0.05) is 0 Å². The minimum absolute atomic E-state index is 0.163. The molecule has 3 N–H and O–H groups in total. The van der Waals surface area contributed by atoms with E-state index in [0.717, 1.165) is 6.26 Å². The topological polar surface area (TPSA) is 159 Å². The van der Waals surface area contributed by atoms with Gasteiger partial charge in [0.15, 0.2) is 0 Å². The second kappa shape index (κ2) is 12.9. The molecule has 0 bridgehead atoms. The van der Waals surface area contributed by atoms with Crippen LogP contribution in [0.25, 0.3) is 0 Å². The van der Waals surface area contributed by atoms with Crippen molar-refractivity contribution in [3.8, 4) is 0 Å². The normalized spacial score (nSPS) is 25.9. The van der Waals surface area contributed by atoms with E-state index in [2.05, 4.69) is 10.6 Å². The van der Waals surface area contributed by atoms with Gasteiger partial charge in [0.05, 0.1) is 50.9 Å². The van der Waals surface area contributed by atoms with Crippen LogP contribution in [0.1, 0.15) is 54.4 Å². The van der Waals surface area contributed by atoms with Gasteiger partial charge in [0.25, 0.3) is 10.1 Å². The van der Waals surface area contributed by atoms with E-state index in [1.807, 2.05) is 0 Å². The predicted molar refractivity (Wildman–Crippen MR) is 123 cm³/mol. The average Bonchev–Trinajstić information content (AvgIpc) is 2.57. The van der Waals surface area contributed by atoms with Crippen LogP contribution in [0.3, 0.4) is 0 Å². The number of aliphatic hydroxyl groups excluding tert-OH is 1. The van der Waals surface area contributed by atoms with Crippen LogP contribution in [0.4, 0.5) is 9.59 Å². The quantitative estimate of drug-likeness (QED) is 0.469. The lowest BCUT2D eigenvalue weighted by Crippen LogP contribution is -2.47. The summed E-state index contributed by atoms with van der Waals surface area (Å²) < 4.78 is 47.4. The van der Waals surface area contributed by atoms with Gasteiger partial charge in [-0.05, 0) is 54.4 Å². The van der Waals surface area contributed by atoms with Crippen molar-refractivity contribution in [2.45, 2.75) is 89.9 Å². The SMILES string of the molecule is CC(C)(C)OC(=O)NC1COCC(O)C1.CC(C)(C)OC(=O)NC1COCC(OS(C)(=O)=O)C1. The molecule has 2 heterocycles. The van der Waals surface area contributed by atoms with Crippen LogP contribution >= 0.6 is 0 Å². The fourth-order valence-electron chi connectivity index (χ4n) is 3.07. The Labute approximate surface area is 202 Å². The standard InChI is InChI=1S/C11H21NO6S.C10H19NO4/c1-11(2,3)17-10(13)12-8-5-9(7-16-6-8)18-19(4,14)15;1-10(2,3)15-9(13)11-7-4-8(12)6-14-5-7/h8-9H,5-7H2,1-4H3,(H,12,13);7-8,12H,4-6H2,1-3H3,(H,11,13).